The van der Waals surface area contributed by atoms with Crippen LogP contribution in [0.25, 0.3) is 23.2 Å². The van der Waals surface area contributed by atoms with Gasteiger partial charge in [0.2, 0.25) is 0 Å². The molecule has 0 fully saturated rings. The van der Waals surface area contributed by atoms with Crippen LogP contribution < -0.4 is 5.56 Å². The molecule has 1 N–H and O–H groups in total. The number of aromatic amines is 1. The Morgan fingerprint density at radius 2 is 1.68 bits per heavy atom. The number of nitrogens with one attached hydrogen (secondary N) is 1. The van der Waals surface area contributed by atoms with Gasteiger partial charge in [-0.2, -0.15) is 0 Å². The number of para-hydroxylation sites is 2. The Morgan fingerprint density at radius 1 is 0.955 bits per heavy atom. The van der Waals surface area contributed by atoms with Crippen molar-refractivity contribution in [1.29, 1.82) is 0 Å². The number of hydrogen-bond acceptors (Lipinski definition) is 2. The Labute approximate surface area is 129 Å². The van der Waals surface area contributed by atoms with Crippen molar-refractivity contribution in [3.05, 3.63) is 74.7 Å². The van der Waals surface area contributed by atoms with Crippen molar-refractivity contribution in [2.24, 2.45) is 0 Å². The van der Waals surface area contributed by atoms with Crippen LogP contribution in [-0.4, -0.2) is 9.97 Å². The summed E-state index contributed by atoms with van der Waals surface area (Å²) >= 11 is 0. The van der Waals surface area contributed by atoms with E-state index in [4.69, 9.17) is 0 Å². The molecule has 1 heterocycles. The van der Waals surface area contributed by atoms with E-state index in [2.05, 4.69) is 42.9 Å². The first-order valence-electron chi connectivity index (χ1n) is 7.29. The summed E-state index contributed by atoms with van der Waals surface area (Å²) in [5.74, 6) is 0. The molecule has 0 aliphatic rings. The van der Waals surface area contributed by atoms with Crippen molar-refractivity contribution >= 4 is 23.2 Å². The summed E-state index contributed by atoms with van der Waals surface area (Å²) in [6.45, 7) is 6.27. The van der Waals surface area contributed by atoms with Crippen LogP contribution in [0.3, 0.4) is 0 Å². The minimum absolute atomic E-state index is 0.170. The average molecular weight is 290 g/mol. The molecule has 0 amide bonds. The minimum Gasteiger partial charge on any atom is -0.319 e. The van der Waals surface area contributed by atoms with Gasteiger partial charge < -0.3 is 4.98 Å². The zero-order valence-electron chi connectivity index (χ0n) is 13.0. The highest BCUT2D eigenvalue weighted by Crippen LogP contribution is 2.17. The molecule has 1 aromatic heterocycles. The van der Waals surface area contributed by atoms with Gasteiger partial charge in [-0.15, -0.1) is 0 Å². The number of benzene rings is 2. The molecule has 0 bridgehead atoms. The quantitative estimate of drug-likeness (QED) is 0.775. The van der Waals surface area contributed by atoms with Crippen molar-refractivity contribution < 1.29 is 0 Å². The summed E-state index contributed by atoms with van der Waals surface area (Å²) in [7, 11) is 0. The van der Waals surface area contributed by atoms with Gasteiger partial charge in [0.15, 0.2) is 0 Å². The van der Waals surface area contributed by atoms with Crippen LogP contribution in [0, 0.1) is 20.8 Å². The maximum atomic E-state index is 12.1. The van der Waals surface area contributed by atoms with Crippen LogP contribution in [-0.2, 0) is 0 Å². The maximum Gasteiger partial charge on any atom is 0.274 e. The highest BCUT2D eigenvalue weighted by atomic mass is 16.1. The normalized spacial score (nSPS) is 11.4. The standard InChI is InChI=1S/C19H18N2O/c1-12-10-14(3)15(11-13(12)2)8-9-18-19(22)21-17-7-5-4-6-16(17)20-18/h4-11H,1-3H3,(H,21,22)/b9-8+. The second-order valence-electron chi connectivity index (χ2n) is 5.59. The second-order valence-corrected chi connectivity index (χ2v) is 5.59. The Hall–Kier alpha value is -2.68. The Kier molecular flexibility index (Phi) is 3.63. The van der Waals surface area contributed by atoms with Crippen molar-refractivity contribution in [3.8, 4) is 0 Å². The lowest BCUT2D eigenvalue weighted by Crippen LogP contribution is -2.11. The molecular formula is C19H18N2O. The van der Waals surface area contributed by atoms with E-state index < -0.39 is 0 Å². The molecule has 3 nitrogen and oxygen atoms in total. The van der Waals surface area contributed by atoms with Crippen molar-refractivity contribution in [2.45, 2.75) is 20.8 Å². The monoisotopic (exact) mass is 290 g/mol. The number of H-pyrrole nitrogens is 1. The number of fused-ring (bicyclic) bond motifs is 1. The topological polar surface area (TPSA) is 45.8 Å². The van der Waals surface area contributed by atoms with E-state index in [0.29, 0.717) is 5.69 Å². The largest absolute Gasteiger partial charge is 0.319 e. The molecule has 0 atom stereocenters. The lowest BCUT2D eigenvalue weighted by molar-refractivity contribution is 1.19. The van der Waals surface area contributed by atoms with Crippen LogP contribution in [0.5, 0.6) is 0 Å². The molecule has 0 radical (unpaired) electrons. The van der Waals surface area contributed by atoms with Gasteiger partial charge in [0.1, 0.15) is 5.69 Å². The highest BCUT2D eigenvalue weighted by Gasteiger charge is 2.02. The fourth-order valence-corrected chi connectivity index (χ4v) is 2.49. The number of aromatic nitrogens is 2. The van der Waals surface area contributed by atoms with Gasteiger partial charge in [0, 0.05) is 0 Å². The second kappa shape index (κ2) is 5.60. The lowest BCUT2D eigenvalue weighted by atomic mass is 10.0. The molecule has 0 unspecified atom stereocenters. The Morgan fingerprint density at radius 3 is 2.50 bits per heavy atom. The van der Waals surface area contributed by atoms with Crippen LogP contribution in [0.1, 0.15) is 27.9 Å². The SMILES string of the molecule is Cc1cc(C)c(/C=C/c2nc3ccccc3[nH]c2=O)cc1C. The van der Waals surface area contributed by atoms with Crippen molar-refractivity contribution in [1.82, 2.24) is 9.97 Å². The lowest BCUT2D eigenvalue weighted by Gasteiger charge is -2.06. The van der Waals surface area contributed by atoms with Crippen LogP contribution in [0.2, 0.25) is 0 Å². The number of nitrogens with zero attached hydrogens (tertiary/aromatic N) is 1. The predicted molar refractivity (Wildman–Crippen MR) is 91.9 cm³/mol. The van der Waals surface area contributed by atoms with Gasteiger partial charge in [-0.05, 0) is 61.2 Å². The summed E-state index contributed by atoms with van der Waals surface area (Å²) in [6.07, 6.45) is 3.73. The fourth-order valence-electron chi connectivity index (χ4n) is 2.49. The van der Waals surface area contributed by atoms with Gasteiger partial charge in [-0.1, -0.05) is 30.3 Å². The summed E-state index contributed by atoms with van der Waals surface area (Å²) in [4.78, 5) is 19.4. The van der Waals surface area contributed by atoms with E-state index in [-0.39, 0.29) is 5.56 Å². The molecule has 3 heteroatoms. The van der Waals surface area contributed by atoms with Gasteiger partial charge in [0.05, 0.1) is 11.0 Å². The summed E-state index contributed by atoms with van der Waals surface area (Å²) in [5, 5.41) is 0. The summed E-state index contributed by atoms with van der Waals surface area (Å²) in [6, 6.07) is 11.8. The van der Waals surface area contributed by atoms with E-state index in [9.17, 15) is 4.79 Å². The van der Waals surface area contributed by atoms with Crippen LogP contribution in [0.15, 0.2) is 41.2 Å². The molecule has 0 saturated carbocycles. The molecular weight excluding hydrogens is 272 g/mol. The smallest absolute Gasteiger partial charge is 0.274 e. The first-order valence-corrected chi connectivity index (χ1v) is 7.29. The Bertz CT molecular complexity index is 936. The third-order valence-electron chi connectivity index (χ3n) is 3.93. The van der Waals surface area contributed by atoms with Crippen LogP contribution >= 0.6 is 0 Å². The molecule has 0 spiro atoms. The number of hydrogen-bond donors (Lipinski definition) is 1. The van der Waals surface area contributed by atoms with E-state index in [1.807, 2.05) is 30.3 Å². The van der Waals surface area contributed by atoms with E-state index in [1.54, 1.807) is 6.08 Å². The van der Waals surface area contributed by atoms with E-state index >= 15 is 0 Å². The third-order valence-corrected chi connectivity index (χ3v) is 3.93. The van der Waals surface area contributed by atoms with E-state index in [1.165, 1.54) is 16.7 Å². The van der Waals surface area contributed by atoms with Crippen LogP contribution in [0.4, 0.5) is 0 Å². The van der Waals surface area contributed by atoms with Gasteiger partial charge >= 0.3 is 0 Å². The van der Waals surface area contributed by atoms with Crippen molar-refractivity contribution in [3.63, 3.8) is 0 Å². The molecule has 110 valence electrons. The van der Waals surface area contributed by atoms with Crippen molar-refractivity contribution in [2.75, 3.05) is 0 Å². The number of aryl methyl sites for hydroxylation is 3. The first kappa shape index (κ1) is 14.3. The predicted octanol–water partition coefficient (Wildman–Crippen LogP) is 4.02. The molecule has 22 heavy (non-hydrogen) atoms. The first-order chi connectivity index (χ1) is 10.5. The molecule has 0 saturated heterocycles. The number of rotatable bonds is 2. The molecule has 0 aliphatic heterocycles. The molecule has 3 aromatic rings. The van der Waals surface area contributed by atoms with Gasteiger partial charge in [-0.25, -0.2) is 4.98 Å². The zero-order valence-corrected chi connectivity index (χ0v) is 13.0. The zero-order chi connectivity index (χ0) is 15.7. The minimum atomic E-state index is -0.170. The Balaban J connectivity index is 2.04. The summed E-state index contributed by atoms with van der Waals surface area (Å²) in [5.41, 5.74) is 6.62. The molecule has 2 aromatic carbocycles. The highest BCUT2D eigenvalue weighted by molar-refractivity contribution is 5.77. The fraction of sp³-hybridized carbons (Fsp3) is 0.158. The van der Waals surface area contributed by atoms with Gasteiger partial charge in [0.25, 0.3) is 5.56 Å². The van der Waals surface area contributed by atoms with Gasteiger partial charge in [-0.3, -0.25) is 4.79 Å². The third kappa shape index (κ3) is 2.70. The maximum absolute atomic E-state index is 12.1. The average Bonchev–Trinajstić information content (AvgIpc) is 2.49. The summed E-state index contributed by atoms with van der Waals surface area (Å²) < 4.78 is 0. The molecule has 0 aliphatic carbocycles. The van der Waals surface area contributed by atoms with E-state index in [0.717, 1.165) is 16.6 Å². The molecule has 3 rings (SSSR count).